The minimum atomic E-state index is -0.704. The van der Waals surface area contributed by atoms with Crippen molar-refractivity contribution in [3.05, 3.63) is 35.0 Å². The van der Waals surface area contributed by atoms with E-state index in [1.807, 2.05) is 18.7 Å². The molecular weight excluding hydrogens is 400 g/mol. The number of hydrogen-bond acceptors (Lipinski definition) is 3. The first kappa shape index (κ1) is 22.4. The highest BCUT2D eigenvalue weighted by atomic mass is 16.2. The number of carbonyl (C=O) groups excluding carboxylic acids is 2. The fourth-order valence-electron chi connectivity index (χ4n) is 5.02. The third kappa shape index (κ3) is 4.01. The maximum atomic E-state index is 13.6. The van der Waals surface area contributed by atoms with Crippen LogP contribution in [0.3, 0.4) is 0 Å². The molecule has 2 aliphatic rings. The van der Waals surface area contributed by atoms with Gasteiger partial charge in [-0.3, -0.25) is 9.59 Å². The Labute approximate surface area is 190 Å². The zero-order valence-electron chi connectivity index (χ0n) is 19.6. The van der Waals surface area contributed by atoms with Gasteiger partial charge in [-0.25, -0.2) is 0 Å². The molecule has 2 amide bonds. The standard InChI is InChI=1S/C26H34N4O2/c1-5-18(24(31)29-26(15-27)10-11-26)19(6-2)25(32)30-12-9-23-21(14-30)20-13-17(16(3)4)7-8-22(20)28-23/h7-8,13,16,18-19,28H,5-6,9-12,14H2,1-4H3,(H,29,31)/t18-,19?/m1/s1. The maximum Gasteiger partial charge on any atom is 0.226 e. The van der Waals surface area contributed by atoms with Gasteiger partial charge in [-0.05, 0) is 49.3 Å². The van der Waals surface area contributed by atoms with Gasteiger partial charge in [0.05, 0.1) is 6.07 Å². The van der Waals surface area contributed by atoms with Crippen molar-refractivity contribution in [1.29, 1.82) is 5.26 Å². The second kappa shape index (κ2) is 8.61. The summed E-state index contributed by atoms with van der Waals surface area (Å²) in [4.78, 5) is 32.0. The van der Waals surface area contributed by atoms with E-state index in [1.165, 1.54) is 22.2 Å². The third-order valence-electron chi connectivity index (χ3n) is 7.32. The number of nitriles is 1. The minimum Gasteiger partial charge on any atom is -0.358 e. The van der Waals surface area contributed by atoms with Gasteiger partial charge in [-0.1, -0.05) is 33.8 Å². The van der Waals surface area contributed by atoms with Crippen molar-refractivity contribution in [1.82, 2.24) is 15.2 Å². The normalized spacial score (nSPS) is 18.7. The van der Waals surface area contributed by atoms with Gasteiger partial charge in [0.2, 0.25) is 11.8 Å². The van der Waals surface area contributed by atoms with Crippen LogP contribution in [0.25, 0.3) is 10.9 Å². The van der Waals surface area contributed by atoms with Crippen LogP contribution in [0.5, 0.6) is 0 Å². The molecule has 0 saturated heterocycles. The number of aromatic nitrogens is 1. The van der Waals surface area contributed by atoms with E-state index in [9.17, 15) is 14.9 Å². The van der Waals surface area contributed by atoms with Crippen LogP contribution in [0, 0.1) is 23.2 Å². The van der Waals surface area contributed by atoms with E-state index in [4.69, 9.17) is 0 Å². The number of fused-ring (bicyclic) bond motifs is 3. The summed E-state index contributed by atoms with van der Waals surface area (Å²) >= 11 is 0. The minimum absolute atomic E-state index is 0.0521. The largest absolute Gasteiger partial charge is 0.358 e. The Morgan fingerprint density at radius 2 is 1.94 bits per heavy atom. The van der Waals surface area contributed by atoms with Gasteiger partial charge in [0.1, 0.15) is 5.54 Å². The van der Waals surface area contributed by atoms with Crippen molar-refractivity contribution in [3.63, 3.8) is 0 Å². The molecule has 2 heterocycles. The van der Waals surface area contributed by atoms with Gasteiger partial charge >= 0.3 is 0 Å². The highest BCUT2D eigenvalue weighted by molar-refractivity contribution is 5.90. The Morgan fingerprint density at radius 1 is 1.22 bits per heavy atom. The average Bonchev–Trinajstić information content (AvgIpc) is 3.47. The molecule has 2 atom stereocenters. The van der Waals surface area contributed by atoms with E-state index in [-0.39, 0.29) is 17.7 Å². The Kier molecular flexibility index (Phi) is 6.03. The zero-order chi connectivity index (χ0) is 23.0. The quantitative estimate of drug-likeness (QED) is 0.677. The Bertz CT molecular complexity index is 1070. The van der Waals surface area contributed by atoms with E-state index in [2.05, 4.69) is 48.4 Å². The molecule has 6 heteroatoms. The van der Waals surface area contributed by atoms with Gasteiger partial charge in [-0.15, -0.1) is 0 Å². The molecule has 170 valence electrons. The van der Waals surface area contributed by atoms with Crippen LogP contribution in [0.4, 0.5) is 0 Å². The monoisotopic (exact) mass is 434 g/mol. The number of amides is 2. The van der Waals surface area contributed by atoms with Crippen molar-refractivity contribution in [2.24, 2.45) is 11.8 Å². The summed E-state index contributed by atoms with van der Waals surface area (Å²) in [5.74, 6) is -0.431. The number of hydrogen-bond donors (Lipinski definition) is 2. The lowest BCUT2D eigenvalue weighted by molar-refractivity contribution is -0.143. The average molecular weight is 435 g/mol. The lowest BCUT2D eigenvalue weighted by atomic mass is 9.85. The van der Waals surface area contributed by atoms with Crippen molar-refractivity contribution in [2.45, 2.75) is 77.8 Å². The van der Waals surface area contributed by atoms with Crippen LogP contribution in [-0.4, -0.2) is 33.8 Å². The zero-order valence-corrected chi connectivity index (χ0v) is 19.6. The van der Waals surface area contributed by atoms with Crippen LogP contribution >= 0.6 is 0 Å². The summed E-state index contributed by atoms with van der Waals surface area (Å²) in [6, 6.07) is 8.78. The number of H-pyrrole nitrogens is 1. The Morgan fingerprint density at radius 3 is 2.53 bits per heavy atom. The summed E-state index contributed by atoms with van der Waals surface area (Å²) in [6.07, 6.45) is 3.39. The second-order valence-electron chi connectivity index (χ2n) is 9.76. The molecule has 1 aliphatic heterocycles. The fourth-order valence-corrected chi connectivity index (χ4v) is 5.02. The van der Waals surface area contributed by atoms with Gasteiger partial charge in [0.25, 0.3) is 0 Å². The lowest BCUT2D eigenvalue weighted by Crippen LogP contribution is -2.47. The summed E-state index contributed by atoms with van der Waals surface area (Å²) < 4.78 is 0. The molecule has 0 radical (unpaired) electrons. The van der Waals surface area contributed by atoms with Crippen LogP contribution < -0.4 is 5.32 Å². The summed E-state index contributed by atoms with van der Waals surface area (Å²) in [7, 11) is 0. The Balaban J connectivity index is 1.55. The predicted molar refractivity (Wildman–Crippen MR) is 125 cm³/mol. The van der Waals surface area contributed by atoms with Crippen molar-refractivity contribution < 1.29 is 9.59 Å². The van der Waals surface area contributed by atoms with E-state index in [0.29, 0.717) is 44.7 Å². The molecule has 4 rings (SSSR count). The van der Waals surface area contributed by atoms with E-state index in [1.54, 1.807) is 0 Å². The third-order valence-corrected chi connectivity index (χ3v) is 7.32. The molecule has 1 aliphatic carbocycles. The molecule has 2 aromatic rings. The first-order chi connectivity index (χ1) is 15.3. The number of carbonyl (C=O) groups is 2. The highest BCUT2D eigenvalue weighted by Crippen LogP contribution is 2.36. The van der Waals surface area contributed by atoms with E-state index in [0.717, 1.165) is 11.9 Å². The van der Waals surface area contributed by atoms with E-state index < -0.39 is 11.5 Å². The predicted octanol–water partition coefficient (Wildman–Crippen LogP) is 4.40. The molecule has 1 saturated carbocycles. The SMILES string of the molecule is CCC(C(=O)N1CCc2[nH]c3ccc(C(C)C)cc3c2C1)[C@@H](CC)C(=O)NC1(C#N)CC1. The number of rotatable bonds is 7. The van der Waals surface area contributed by atoms with Crippen LogP contribution in [0.15, 0.2) is 18.2 Å². The molecule has 6 nitrogen and oxygen atoms in total. The molecule has 2 N–H and O–H groups in total. The van der Waals surface area contributed by atoms with Crippen LogP contribution in [-0.2, 0) is 22.6 Å². The maximum absolute atomic E-state index is 13.6. The van der Waals surface area contributed by atoms with Crippen LogP contribution in [0.2, 0.25) is 0 Å². The molecule has 1 aromatic heterocycles. The van der Waals surface area contributed by atoms with Gasteiger partial charge in [0.15, 0.2) is 0 Å². The first-order valence-electron chi connectivity index (χ1n) is 12.0. The van der Waals surface area contributed by atoms with Crippen molar-refractivity contribution in [3.8, 4) is 6.07 Å². The second-order valence-corrected chi connectivity index (χ2v) is 9.76. The Hall–Kier alpha value is -2.81. The first-order valence-corrected chi connectivity index (χ1v) is 12.0. The highest BCUT2D eigenvalue weighted by Gasteiger charge is 2.46. The van der Waals surface area contributed by atoms with E-state index >= 15 is 0 Å². The number of benzene rings is 1. The molecule has 1 fully saturated rings. The topological polar surface area (TPSA) is 89.0 Å². The number of nitrogens with one attached hydrogen (secondary N) is 2. The molecule has 1 aromatic carbocycles. The number of nitrogens with zero attached hydrogens (tertiary/aromatic N) is 2. The number of aromatic amines is 1. The van der Waals surface area contributed by atoms with Gasteiger partial charge in [-0.2, -0.15) is 5.26 Å². The smallest absolute Gasteiger partial charge is 0.226 e. The van der Waals surface area contributed by atoms with Crippen LogP contribution in [0.1, 0.15) is 76.1 Å². The molecule has 0 spiro atoms. The molecular formula is C26H34N4O2. The summed E-state index contributed by atoms with van der Waals surface area (Å²) in [5.41, 5.74) is 4.13. The van der Waals surface area contributed by atoms with Gasteiger partial charge in [0, 0.05) is 53.5 Å². The summed E-state index contributed by atoms with van der Waals surface area (Å²) in [6.45, 7) is 9.55. The van der Waals surface area contributed by atoms with Crippen molar-refractivity contribution >= 4 is 22.7 Å². The lowest BCUT2D eigenvalue weighted by Gasteiger charge is -2.33. The summed E-state index contributed by atoms with van der Waals surface area (Å²) in [5, 5.41) is 13.5. The molecule has 0 bridgehead atoms. The van der Waals surface area contributed by atoms with Gasteiger partial charge < -0.3 is 15.2 Å². The molecule has 32 heavy (non-hydrogen) atoms. The fraction of sp³-hybridized carbons (Fsp3) is 0.577. The molecule has 1 unspecified atom stereocenters. The van der Waals surface area contributed by atoms with Crippen molar-refractivity contribution in [2.75, 3.05) is 6.54 Å².